The summed E-state index contributed by atoms with van der Waals surface area (Å²) < 4.78 is 0. The number of nitrogens with zero attached hydrogens (tertiary/aromatic N) is 3. The van der Waals surface area contributed by atoms with Gasteiger partial charge in [0.25, 0.3) is 0 Å². The quantitative estimate of drug-likeness (QED) is 0.145. The Morgan fingerprint density at radius 3 is 0.661 bits per heavy atom. The summed E-state index contributed by atoms with van der Waals surface area (Å²) in [6, 6.07) is 47.6. The van der Waals surface area contributed by atoms with Gasteiger partial charge < -0.3 is 14.7 Å². The Labute approximate surface area is 355 Å². The Balaban J connectivity index is 0.00000288. The molecule has 302 valence electrons. The van der Waals surface area contributed by atoms with E-state index < -0.39 is 0 Å². The van der Waals surface area contributed by atoms with Crippen LogP contribution in [0.3, 0.4) is 0 Å². The lowest BCUT2D eigenvalue weighted by atomic mass is 9.92. The maximum Gasteiger partial charge on any atom is 0.0562 e. The van der Waals surface area contributed by atoms with E-state index in [1.54, 1.807) is 0 Å². The molecular weight excluding hydrogens is 715 g/mol. The van der Waals surface area contributed by atoms with Crippen molar-refractivity contribution in [3.63, 3.8) is 0 Å². The van der Waals surface area contributed by atoms with Crippen LogP contribution >= 0.6 is 0 Å². The summed E-state index contributed by atoms with van der Waals surface area (Å²) in [5.41, 5.74) is 25.2. The smallest absolute Gasteiger partial charge is 0.0562 e. The lowest BCUT2D eigenvalue weighted by Gasteiger charge is -2.39. The SMILES string of the molecule is CC.Cc1ccc(N(c2ccc(C)cc2C)c2c(C)c(N(c3ccc(C)cc3)c3ccc(C)cc3C)c(C)c(N(c3ccc(C)cc3)c3ccc(C)cc3C)c2C)cc1. The van der Waals surface area contributed by atoms with Gasteiger partial charge in [-0.25, -0.2) is 0 Å². The first kappa shape index (κ1) is 42.5. The Morgan fingerprint density at radius 1 is 0.254 bits per heavy atom. The third kappa shape index (κ3) is 8.57. The van der Waals surface area contributed by atoms with Crippen molar-refractivity contribution in [3.05, 3.63) is 194 Å². The van der Waals surface area contributed by atoms with Gasteiger partial charge in [0, 0.05) is 34.1 Å². The summed E-state index contributed by atoms with van der Waals surface area (Å²) in [6.45, 7) is 30.7. The van der Waals surface area contributed by atoms with E-state index in [2.05, 4.69) is 225 Å². The highest BCUT2D eigenvalue weighted by molar-refractivity contribution is 5.98. The van der Waals surface area contributed by atoms with Crippen molar-refractivity contribution in [1.29, 1.82) is 0 Å². The van der Waals surface area contributed by atoms with Gasteiger partial charge in [-0.1, -0.05) is 120 Å². The van der Waals surface area contributed by atoms with Crippen molar-refractivity contribution in [2.45, 2.75) is 96.9 Å². The van der Waals surface area contributed by atoms with Gasteiger partial charge in [0.2, 0.25) is 0 Å². The molecule has 0 unspecified atom stereocenters. The van der Waals surface area contributed by atoms with Crippen molar-refractivity contribution < 1.29 is 0 Å². The zero-order valence-corrected chi connectivity index (χ0v) is 38.0. The van der Waals surface area contributed by atoms with Crippen molar-refractivity contribution >= 4 is 51.2 Å². The second-order valence-electron chi connectivity index (χ2n) is 16.3. The minimum Gasteiger partial charge on any atom is -0.310 e. The van der Waals surface area contributed by atoms with Gasteiger partial charge in [0.15, 0.2) is 0 Å². The first-order valence-electron chi connectivity index (χ1n) is 21.2. The number of rotatable bonds is 9. The fraction of sp³-hybridized carbons (Fsp3) is 0.250. The highest BCUT2D eigenvalue weighted by Gasteiger charge is 2.32. The highest BCUT2D eigenvalue weighted by Crippen LogP contribution is 2.54. The van der Waals surface area contributed by atoms with Gasteiger partial charge in [-0.2, -0.15) is 0 Å². The van der Waals surface area contributed by atoms with Gasteiger partial charge in [-0.3, -0.25) is 0 Å². The van der Waals surface area contributed by atoms with Crippen LogP contribution < -0.4 is 14.7 Å². The van der Waals surface area contributed by atoms with E-state index in [9.17, 15) is 0 Å². The molecule has 3 nitrogen and oxygen atoms in total. The molecule has 0 bridgehead atoms. The van der Waals surface area contributed by atoms with Crippen LogP contribution in [0.15, 0.2) is 127 Å². The molecule has 3 heteroatoms. The summed E-state index contributed by atoms with van der Waals surface area (Å²) in [6.07, 6.45) is 0. The number of hydrogen-bond donors (Lipinski definition) is 0. The van der Waals surface area contributed by atoms with E-state index >= 15 is 0 Å². The number of aryl methyl sites for hydroxylation is 9. The fourth-order valence-electron chi connectivity index (χ4n) is 8.60. The second-order valence-corrected chi connectivity index (χ2v) is 16.3. The first-order valence-corrected chi connectivity index (χ1v) is 21.2. The average Bonchev–Trinajstić information content (AvgIpc) is 3.20. The average molecular weight is 778 g/mol. The van der Waals surface area contributed by atoms with E-state index in [0.29, 0.717) is 0 Å². The Morgan fingerprint density at radius 2 is 0.458 bits per heavy atom. The molecule has 0 saturated heterocycles. The molecule has 0 fully saturated rings. The summed E-state index contributed by atoms with van der Waals surface area (Å²) in [4.78, 5) is 7.53. The Hall–Kier alpha value is -6.06. The van der Waals surface area contributed by atoms with Crippen molar-refractivity contribution in [1.82, 2.24) is 0 Å². The molecule has 7 aromatic rings. The molecule has 0 aromatic heterocycles. The summed E-state index contributed by atoms with van der Waals surface area (Å²) in [7, 11) is 0. The van der Waals surface area contributed by atoms with Gasteiger partial charge in [0.1, 0.15) is 0 Å². The van der Waals surface area contributed by atoms with Gasteiger partial charge in [-0.15, -0.1) is 0 Å². The minimum atomic E-state index is 1.13. The number of anilines is 9. The van der Waals surface area contributed by atoms with E-state index in [1.807, 2.05) is 13.8 Å². The maximum absolute atomic E-state index is 2.51. The van der Waals surface area contributed by atoms with E-state index in [1.165, 1.54) is 101 Å². The maximum atomic E-state index is 2.51. The summed E-state index contributed by atoms with van der Waals surface area (Å²) in [5, 5.41) is 0. The predicted octanol–water partition coefficient (Wildman–Crippen LogP) is 16.8. The minimum absolute atomic E-state index is 1.13. The second kappa shape index (κ2) is 17.8. The first-order chi connectivity index (χ1) is 28.2. The molecule has 0 amide bonds. The molecule has 7 aromatic carbocycles. The summed E-state index contributed by atoms with van der Waals surface area (Å²) in [5.74, 6) is 0. The lowest BCUT2D eigenvalue weighted by Crippen LogP contribution is -2.23. The van der Waals surface area contributed by atoms with Crippen molar-refractivity contribution in [2.24, 2.45) is 0 Å². The fourth-order valence-corrected chi connectivity index (χ4v) is 8.60. The lowest BCUT2D eigenvalue weighted by molar-refractivity contribution is 1.12. The zero-order valence-electron chi connectivity index (χ0n) is 38.0. The Bertz CT molecular complexity index is 2270. The third-order valence-corrected chi connectivity index (χ3v) is 11.5. The molecule has 7 rings (SSSR count). The number of hydrogen-bond acceptors (Lipinski definition) is 3. The largest absolute Gasteiger partial charge is 0.310 e. The topological polar surface area (TPSA) is 9.72 Å². The van der Waals surface area contributed by atoms with Gasteiger partial charge >= 0.3 is 0 Å². The molecule has 0 aliphatic carbocycles. The van der Waals surface area contributed by atoms with E-state index in [0.717, 1.165) is 17.1 Å². The molecule has 0 aliphatic rings. The Kier molecular flexibility index (Phi) is 12.9. The van der Waals surface area contributed by atoms with E-state index in [-0.39, 0.29) is 0 Å². The zero-order chi connectivity index (χ0) is 42.7. The summed E-state index contributed by atoms with van der Waals surface area (Å²) >= 11 is 0. The highest BCUT2D eigenvalue weighted by atomic mass is 15.2. The van der Waals surface area contributed by atoms with Crippen LogP contribution in [-0.2, 0) is 0 Å². The van der Waals surface area contributed by atoms with E-state index in [4.69, 9.17) is 0 Å². The van der Waals surface area contributed by atoms with Crippen LogP contribution in [-0.4, -0.2) is 0 Å². The molecule has 0 spiro atoms. The van der Waals surface area contributed by atoms with Gasteiger partial charge in [-0.05, 0) is 171 Å². The van der Waals surface area contributed by atoms with Crippen LogP contribution in [0.4, 0.5) is 51.2 Å². The van der Waals surface area contributed by atoms with Gasteiger partial charge in [0.05, 0.1) is 17.1 Å². The molecule has 59 heavy (non-hydrogen) atoms. The molecule has 0 heterocycles. The van der Waals surface area contributed by atoms with Crippen LogP contribution in [0.5, 0.6) is 0 Å². The standard InChI is InChI=1S/C54H57N3.C2H6/c1-34-13-22-46(23-14-34)55(49-28-19-37(4)31-40(49)7)52-43(10)53(56(47-24-15-35(2)16-25-47)50-29-20-38(5)32-41(50)8)45(12)54(44(52)11)57(48-26-17-36(3)18-27-48)51-30-21-39(6)33-42(51)9;1-2/h13-33H,1-12H3;1-2H3. The van der Waals surface area contributed by atoms with Crippen LogP contribution in [0, 0.1) is 83.1 Å². The normalized spacial score (nSPS) is 10.9. The molecular formula is C56H63N3. The molecule has 0 radical (unpaired) electrons. The van der Waals surface area contributed by atoms with Crippen molar-refractivity contribution in [2.75, 3.05) is 14.7 Å². The third-order valence-electron chi connectivity index (χ3n) is 11.5. The molecule has 0 aliphatic heterocycles. The predicted molar refractivity (Wildman–Crippen MR) is 259 cm³/mol. The van der Waals surface area contributed by atoms with Crippen LogP contribution in [0.25, 0.3) is 0 Å². The van der Waals surface area contributed by atoms with Crippen LogP contribution in [0.1, 0.15) is 80.6 Å². The van der Waals surface area contributed by atoms with Crippen LogP contribution in [0.2, 0.25) is 0 Å². The van der Waals surface area contributed by atoms with Crippen molar-refractivity contribution in [3.8, 4) is 0 Å². The molecule has 0 N–H and O–H groups in total. The molecule has 0 atom stereocenters. The number of benzene rings is 7. The monoisotopic (exact) mass is 778 g/mol. The molecule has 0 saturated carbocycles.